The van der Waals surface area contributed by atoms with Gasteiger partial charge in [0, 0.05) is 54.6 Å². The van der Waals surface area contributed by atoms with Crippen molar-refractivity contribution in [2.75, 3.05) is 6.54 Å². The summed E-state index contributed by atoms with van der Waals surface area (Å²) >= 11 is 1.52. The van der Waals surface area contributed by atoms with Gasteiger partial charge in [0.2, 0.25) is 5.91 Å². The van der Waals surface area contributed by atoms with E-state index < -0.39 is 22.8 Å². The lowest BCUT2D eigenvalue weighted by Gasteiger charge is -2.40. The molecule has 1 unspecified atom stereocenters. The number of carbonyl (C=O) groups excluding carboxylic acids is 1. The van der Waals surface area contributed by atoms with Gasteiger partial charge in [0.25, 0.3) is 0 Å². The van der Waals surface area contributed by atoms with Gasteiger partial charge in [0.1, 0.15) is 10.6 Å². The van der Waals surface area contributed by atoms with E-state index >= 15 is 0 Å². The van der Waals surface area contributed by atoms with Crippen molar-refractivity contribution in [3.05, 3.63) is 45.2 Å². The number of rotatable bonds is 5. The first-order valence-corrected chi connectivity index (χ1v) is 14.5. The fourth-order valence-electron chi connectivity index (χ4n) is 6.63. The van der Waals surface area contributed by atoms with Crippen LogP contribution in [0.3, 0.4) is 0 Å². The summed E-state index contributed by atoms with van der Waals surface area (Å²) in [5.41, 5.74) is -0.0615. The molecule has 10 heteroatoms. The van der Waals surface area contributed by atoms with Gasteiger partial charge in [-0.25, -0.2) is 4.98 Å². The van der Waals surface area contributed by atoms with E-state index in [1.54, 1.807) is 4.90 Å². The summed E-state index contributed by atoms with van der Waals surface area (Å²) in [6.07, 6.45) is 2.33. The van der Waals surface area contributed by atoms with Gasteiger partial charge in [-0.2, -0.15) is 13.2 Å². The highest BCUT2D eigenvalue weighted by Crippen LogP contribution is 2.47. The van der Waals surface area contributed by atoms with Crippen LogP contribution >= 0.6 is 11.3 Å². The molecule has 0 aromatic carbocycles. The molecule has 6 nitrogen and oxygen atoms in total. The number of nitrogens with one attached hydrogen (secondary N) is 1. The van der Waals surface area contributed by atoms with E-state index in [2.05, 4.69) is 29.1 Å². The van der Waals surface area contributed by atoms with E-state index in [1.165, 1.54) is 11.3 Å². The Kier molecular flexibility index (Phi) is 7.37. The van der Waals surface area contributed by atoms with Crippen LogP contribution in [0.4, 0.5) is 13.2 Å². The van der Waals surface area contributed by atoms with Gasteiger partial charge in [0.15, 0.2) is 0 Å². The number of aliphatic hydroxyl groups is 1. The van der Waals surface area contributed by atoms with Gasteiger partial charge in [-0.3, -0.25) is 9.78 Å². The standard InChI is InChI=1S/C28H37F3N4O2S/c1-17(2)26(25(36)35-11-7-23-19(15-35)12-20(14-32-23)28(29,30)31)8-4-22(13-26)34-21-5-9-27(37,10-6-21)24-33-18(3)16-38-24/h12,14,16-17,21-22,34,37H,4-11,13,15H2,1-3H3/t21?,22?,26-,27?/m0/s1. The molecule has 0 radical (unpaired) electrons. The number of hydrogen-bond acceptors (Lipinski definition) is 6. The summed E-state index contributed by atoms with van der Waals surface area (Å²) in [6.45, 7) is 6.76. The summed E-state index contributed by atoms with van der Waals surface area (Å²) in [5, 5.41) is 17.7. The maximum Gasteiger partial charge on any atom is 0.417 e. The Balaban J connectivity index is 1.23. The largest absolute Gasteiger partial charge is 0.417 e. The Bertz CT molecular complexity index is 1180. The van der Waals surface area contributed by atoms with Gasteiger partial charge in [-0.15, -0.1) is 11.3 Å². The first-order valence-electron chi connectivity index (χ1n) is 13.6. The van der Waals surface area contributed by atoms with Crippen LogP contribution in [0.1, 0.15) is 86.3 Å². The van der Waals surface area contributed by atoms with Crippen molar-refractivity contribution in [1.82, 2.24) is 20.2 Å². The zero-order valence-corrected chi connectivity index (χ0v) is 23.1. The van der Waals surface area contributed by atoms with Crippen molar-refractivity contribution < 1.29 is 23.1 Å². The molecule has 5 rings (SSSR count). The van der Waals surface area contributed by atoms with E-state index in [-0.39, 0.29) is 30.5 Å². The molecule has 2 saturated carbocycles. The van der Waals surface area contributed by atoms with Gasteiger partial charge in [0.05, 0.1) is 11.0 Å². The Labute approximate surface area is 226 Å². The third-order valence-electron chi connectivity index (χ3n) is 9.04. The molecule has 2 aliphatic carbocycles. The first kappa shape index (κ1) is 27.5. The number of thiazole rings is 1. The highest BCUT2D eigenvalue weighted by atomic mass is 32.1. The molecule has 3 aliphatic rings. The molecule has 2 atom stereocenters. The van der Waals surface area contributed by atoms with Crippen LogP contribution in [0.5, 0.6) is 0 Å². The number of pyridine rings is 1. The number of aromatic nitrogens is 2. The molecule has 0 saturated heterocycles. The van der Waals surface area contributed by atoms with Crippen molar-refractivity contribution in [1.29, 1.82) is 0 Å². The maximum atomic E-state index is 14.0. The molecular weight excluding hydrogens is 513 g/mol. The number of alkyl halides is 3. The lowest BCUT2D eigenvalue weighted by molar-refractivity contribution is -0.146. The average molecular weight is 551 g/mol. The number of hydrogen-bond donors (Lipinski definition) is 2. The lowest BCUT2D eigenvalue weighted by Crippen LogP contribution is -2.49. The number of nitrogens with zero attached hydrogens (tertiary/aromatic N) is 3. The first-order chi connectivity index (χ1) is 17.9. The third kappa shape index (κ3) is 5.23. The minimum absolute atomic E-state index is 0.0528. The molecular formula is C28H37F3N4O2S. The van der Waals surface area contributed by atoms with Crippen molar-refractivity contribution >= 4 is 17.2 Å². The quantitative estimate of drug-likeness (QED) is 0.524. The number of halogens is 3. The molecule has 3 heterocycles. The van der Waals surface area contributed by atoms with Gasteiger partial charge in [-0.1, -0.05) is 13.8 Å². The molecule has 2 fully saturated rings. The third-order valence-corrected chi connectivity index (χ3v) is 10.2. The van der Waals surface area contributed by atoms with Crippen molar-refractivity contribution in [2.45, 2.75) is 103 Å². The minimum Gasteiger partial charge on any atom is -0.383 e. The van der Waals surface area contributed by atoms with Gasteiger partial charge in [-0.05, 0) is 69.4 Å². The predicted molar refractivity (Wildman–Crippen MR) is 139 cm³/mol. The highest BCUT2D eigenvalue weighted by molar-refractivity contribution is 7.09. The zero-order chi connectivity index (χ0) is 27.3. The smallest absolute Gasteiger partial charge is 0.383 e. The molecule has 2 aromatic heterocycles. The maximum absolute atomic E-state index is 14.0. The summed E-state index contributed by atoms with van der Waals surface area (Å²) in [5.74, 6) is 0.171. The van der Waals surface area contributed by atoms with Crippen LogP contribution in [-0.4, -0.2) is 44.5 Å². The Morgan fingerprint density at radius 2 is 1.92 bits per heavy atom. The molecule has 1 amide bonds. The summed E-state index contributed by atoms with van der Waals surface area (Å²) in [6, 6.07) is 1.64. The van der Waals surface area contributed by atoms with Crippen molar-refractivity contribution in [3.8, 4) is 0 Å². The van der Waals surface area contributed by atoms with Crippen LogP contribution in [-0.2, 0) is 29.5 Å². The second kappa shape index (κ2) is 10.2. The normalized spacial score (nSPS) is 30.1. The van der Waals surface area contributed by atoms with Crippen LogP contribution in [0.2, 0.25) is 0 Å². The van der Waals surface area contributed by atoms with Crippen LogP contribution in [0.25, 0.3) is 0 Å². The average Bonchev–Trinajstić information content (AvgIpc) is 3.51. The molecule has 0 bridgehead atoms. The van der Waals surface area contributed by atoms with E-state index in [4.69, 9.17) is 0 Å². The lowest BCUT2D eigenvalue weighted by atomic mass is 9.73. The summed E-state index contributed by atoms with van der Waals surface area (Å²) < 4.78 is 39.7. The molecule has 1 aliphatic heterocycles. The summed E-state index contributed by atoms with van der Waals surface area (Å²) in [7, 11) is 0. The molecule has 2 aromatic rings. The fourth-order valence-corrected chi connectivity index (χ4v) is 7.58. The van der Waals surface area contributed by atoms with E-state index in [9.17, 15) is 23.1 Å². The minimum atomic E-state index is -4.45. The van der Waals surface area contributed by atoms with Crippen LogP contribution < -0.4 is 5.32 Å². The van der Waals surface area contributed by atoms with Crippen molar-refractivity contribution in [2.24, 2.45) is 11.3 Å². The number of amides is 1. The monoisotopic (exact) mass is 550 g/mol. The predicted octanol–water partition coefficient (Wildman–Crippen LogP) is 5.36. The number of aryl methyl sites for hydroxylation is 1. The summed E-state index contributed by atoms with van der Waals surface area (Å²) in [4.78, 5) is 24.3. The van der Waals surface area contributed by atoms with Gasteiger partial charge < -0.3 is 15.3 Å². The molecule has 38 heavy (non-hydrogen) atoms. The zero-order valence-electron chi connectivity index (χ0n) is 22.3. The Morgan fingerprint density at radius 1 is 1.21 bits per heavy atom. The van der Waals surface area contributed by atoms with E-state index in [0.717, 1.165) is 55.1 Å². The van der Waals surface area contributed by atoms with Crippen LogP contribution in [0, 0.1) is 18.3 Å². The Hall–Kier alpha value is -2.04. The fraction of sp³-hybridized carbons (Fsp3) is 0.679. The van der Waals surface area contributed by atoms with Gasteiger partial charge >= 0.3 is 6.18 Å². The highest BCUT2D eigenvalue weighted by Gasteiger charge is 2.50. The topological polar surface area (TPSA) is 78.4 Å². The second-order valence-electron chi connectivity index (χ2n) is 11.8. The number of carbonyl (C=O) groups is 1. The molecule has 208 valence electrons. The SMILES string of the molecule is Cc1csc(C2(O)CCC(NC3CC[C@@](C(=O)N4CCc5ncc(C(F)(F)F)cc5C4)(C(C)C)C3)CC2)n1. The number of fused-ring (bicyclic) bond motifs is 1. The second-order valence-corrected chi connectivity index (χ2v) is 12.7. The van der Waals surface area contributed by atoms with Crippen molar-refractivity contribution in [3.63, 3.8) is 0 Å². The van der Waals surface area contributed by atoms with E-state index in [0.29, 0.717) is 37.1 Å². The Morgan fingerprint density at radius 3 is 2.55 bits per heavy atom. The molecule has 2 N–H and O–H groups in total. The van der Waals surface area contributed by atoms with Crippen LogP contribution in [0.15, 0.2) is 17.6 Å². The molecule has 0 spiro atoms. The van der Waals surface area contributed by atoms with E-state index in [1.807, 2.05) is 12.3 Å².